The molecule has 5 heteroatoms. The van der Waals surface area contributed by atoms with Crippen molar-refractivity contribution in [1.82, 2.24) is 9.97 Å². The Balaban J connectivity index is 2.60. The van der Waals surface area contributed by atoms with E-state index in [1.54, 1.807) is 12.1 Å². The van der Waals surface area contributed by atoms with E-state index in [1.807, 2.05) is 0 Å². The highest BCUT2D eigenvalue weighted by atomic mass is 35.5. The standard InChI is InChI=1S/C8H5ClN2O2/c9-8-10-4-5(7(12)11-8)6-2-1-3-13-6/h1-4H,(H,10,11,12). The quantitative estimate of drug-likeness (QED) is 0.706. The topological polar surface area (TPSA) is 58.9 Å². The van der Waals surface area contributed by atoms with Crippen LogP contribution in [0.3, 0.4) is 0 Å². The number of H-pyrrole nitrogens is 1. The maximum Gasteiger partial charge on any atom is 0.262 e. The molecule has 2 heterocycles. The summed E-state index contributed by atoms with van der Waals surface area (Å²) in [6.45, 7) is 0. The van der Waals surface area contributed by atoms with Crippen molar-refractivity contribution >= 4 is 11.6 Å². The van der Waals surface area contributed by atoms with Crippen LogP contribution in [0.5, 0.6) is 0 Å². The van der Waals surface area contributed by atoms with Gasteiger partial charge < -0.3 is 4.42 Å². The van der Waals surface area contributed by atoms with Gasteiger partial charge in [-0.15, -0.1) is 0 Å². The van der Waals surface area contributed by atoms with Gasteiger partial charge >= 0.3 is 0 Å². The van der Waals surface area contributed by atoms with Crippen molar-refractivity contribution in [2.24, 2.45) is 0 Å². The first kappa shape index (κ1) is 8.07. The van der Waals surface area contributed by atoms with E-state index in [4.69, 9.17) is 16.0 Å². The molecule has 66 valence electrons. The van der Waals surface area contributed by atoms with Gasteiger partial charge in [0.15, 0.2) is 0 Å². The summed E-state index contributed by atoms with van der Waals surface area (Å²) in [5.74, 6) is 0.477. The van der Waals surface area contributed by atoms with E-state index in [1.165, 1.54) is 12.5 Å². The van der Waals surface area contributed by atoms with E-state index < -0.39 is 0 Å². The molecule has 1 N–H and O–H groups in total. The minimum absolute atomic E-state index is 0.0697. The Morgan fingerprint density at radius 1 is 1.54 bits per heavy atom. The van der Waals surface area contributed by atoms with Crippen molar-refractivity contribution in [1.29, 1.82) is 0 Å². The number of furan rings is 1. The third kappa shape index (κ3) is 1.48. The first-order valence-electron chi connectivity index (χ1n) is 3.56. The van der Waals surface area contributed by atoms with Crippen LogP contribution in [0.15, 0.2) is 33.8 Å². The molecule has 0 aliphatic heterocycles. The number of halogens is 1. The molecule has 0 fully saturated rings. The van der Waals surface area contributed by atoms with Crippen molar-refractivity contribution in [3.05, 3.63) is 40.2 Å². The van der Waals surface area contributed by atoms with Gasteiger partial charge in [0.2, 0.25) is 5.28 Å². The molecule has 2 rings (SSSR count). The molecule has 13 heavy (non-hydrogen) atoms. The Kier molecular flexibility index (Phi) is 1.90. The van der Waals surface area contributed by atoms with Gasteiger partial charge in [0.05, 0.1) is 6.26 Å². The van der Waals surface area contributed by atoms with Gasteiger partial charge in [0, 0.05) is 6.20 Å². The van der Waals surface area contributed by atoms with Crippen LogP contribution >= 0.6 is 11.6 Å². The second kappa shape index (κ2) is 3.06. The fourth-order valence-corrected chi connectivity index (χ4v) is 1.12. The van der Waals surface area contributed by atoms with Gasteiger partial charge in [-0.05, 0) is 23.7 Å². The first-order valence-corrected chi connectivity index (χ1v) is 3.94. The largest absolute Gasteiger partial charge is 0.464 e. The fraction of sp³-hybridized carbons (Fsp3) is 0. The molecule has 0 aliphatic carbocycles. The van der Waals surface area contributed by atoms with Gasteiger partial charge in [0.1, 0.15) is 11.3 Å². The van der Waals surface area contributed by atoms with Crippen LogP contribution in [0.1, 0.15) is 0 Å². The monoisotopic (exact) mass is 196 g/mol. The van der Waals surface area contributed by atoms with Gasteiger partial charge in [-0.25, -0.2) is 4.98 Å². The molecular weight excluding hydrogens is 192 g/mol. The Labute approximate surface area is 78.2 Å². The highest BCUT2D eigenvalue weighted by molar-refractivity contribution is 6.28. The maximum atomic E-state index is 11.3. The minimum atomic E-state index is -0.310. The van der Waals surface area contributed by atoms with Crippen molar-refractivity contribution in [2.75, 3.05) is 0 Å². The van der Waals surface area contributed by atoms with E-state index >= 15 is 0 Å². The number of hydrogen-bond donors (Lipinski definition) is 1. The van der Waals surface area contributed by atoms with Crippen LogP contribution in [0, 0.1) is 0 Å². The number of aromatic amines is 1. The van der Waals surface area contributed by atoms with Crippen LogP contribution in [-0.2, 0) is 0 Å². The van der Waals surface area contributed by atoms with Gasteiger partial charge in [0.25, 0.3) is 5.56 Å². The van der Waals surface area contributed by atoms with Crippen LogP contribution in [0.2, 0.25) is 5.28 Å². The summed E-state index contributed by atoms with van der Waals surface area (Å²) < 4.78 is 5.04. The fourth-order valence-electron chi connectivity index (χ4n) is 0.980. The summed E-state index contributed by atoms with van der Waals surface area (Å²) >= 11 is 5.48. The van der Waals surface area contributed by atoms with E-state index in [0.717, 1.165) is 0 Å². The van der Waals surface area contributed by atoms with E-state index in [2.05, 4.69) is 9.97 Å². The summed E-state index contributed by atoms with van der Waals surface area (Å²) in [6.07, 6.45) is 2.86. The predicted octanol–water partition coefficient (Wildman–Crippen LogP) is 1.68. The molecule has 0 spiro atoms. The van der Waals surface area contributed by atoms with Crippen LogP contribution in [-0.4, -0.2) is 9.97 Å². The molecule has 2 aromatic rings. The Morgan fingerprint density at radius 2 is 2.38 bits per heavy atom. The molecule has 0 aromatic carbocycles. The number of rotatable bonds is 1. The molecule has 0 saturated carbocycles. The average molecular weight is 197 g/mol. The third-order valence-corrected chi connectivity index (χ3v) is 1.75. The van der Waals surface area contributed by atoms with E-state index in [9.17, 15) is 4.79 Å². The SMILES string of the molecule is O=c1[nH]c(Cl)ncc1-c1ccco1. The minimum Gasteiger partial charge on any atom is -0.464 e. The van der Waals surface area contributed by atoms with Crippen LogP contribution in [0.4, 0.5) is 0 Å². The summed E-state index contributed by atoms with van der Waals surface area (Å²) in [5.41, 5.74) is 0.0596. The molecule has 0 unspecified atom stereocenters. The summed E-state index contributed by atoms with van der Waals surface area (Å²) in [6, 6.07) is 3.38. The molecule has 0 radical (unpaired) electrons. The Bertz CT molecular complexity index is 461. The molecule has 0 amide bonds. The zero-order valence-electron chi connectivity index (χ0n) is 6.45. The zero-order chi connectivity index (χ0) is 9.26. The van der Waals surface area contributed by atoms with E-state index in [-0.39, 0.29) is 10.8 Å². The molecule has 0 bridgehead atoms. The lowest BCUT2D eigenvalue weighted by molar-refractivity contribution is 0.581. The Hall–Kier alpha value is -1.55. The molecule has 2 aromatic heterocycles. The molecular formula is C8H5ClN2O2. The molecule has 0 saturated heterocycles. The summed E-state index contributed by atoms with van der Waals surface area (Å²) in [5, 5.41) is 0.0697. The van der Waals surface area contributed by atoms with Crippen molar-refractivity contribution < 1.29 is 4.42 Å². The Morgan fingerprint density at radius 3 is 3.00 bits per heavy atom. The van der Waals surface area contributed by atoms with Gasteiger partial charge in [-0.1, -0.05) is 0 Å². The van der Waals surface area contributed by atoms with Gasteiger partial charge in [-0.2, -0.15) is 0 Å². The zero-order valence-corrected chi connectivity index (χ0v) is 7.21. The highest BCUT2D eigenvalue weighted by Gasteiger charge is 2.06. The molecule has 4 nitrogen and oxygen atoms in total. The summed E-state index contributed by atoms with van der Waals surface area (Å²) in [4.78, 5) is 17.4. The summed E-state index contributed by atoms with van der Waals surface area (Å²) in [7, 11) is 0. The van der Waals surface area contributed by atoms with Crippen LogP contribution < -0.4 is 5.56 Å². The highest BCUT2D eigenvalue weighted by Crippen LogP contribution is 2.14. The van der Waals surface area contributed by atoms with Crippen molar-refractivity contribution in [3.63, 3.8) is 0 Å². The lowest BCUT2D eigenvalue weighted by Gasteiger charge is -1.94. The second-order valence-electron chi connectivity index (χ2n) is 2.39. The maximum absolute atomic E-state index is 11.3. The van der Waals surface area contributed by atoms with Gasteiger partial charge in [-0.3, -0.25) is 9.78 Å². The number of aromatic nitrogens is 2. The second-order valence-corrected chi connectivity index (χ2v) is 2.75. The molecule has 0 aliphatic rings. The normalized spacial score (nSPS) is 10.2. The molecule has 0 atom stereocenters. The average Bonchev–Trinajstić information content (AvgIpc) is 2.56. The number of nitrogens with one attached hydrogen (secondary N) is 1. The predicted molar refractivity (Wildman–Crippen MR) is 47.6 cm³/mol. The lowest BCUT2D eigenvalue weighted by atomic mass is 10.3. The van der Waals surface area contributed by atoms with Crippen LogP contribution in [0.25, 0.3) is 11.3 Å². The lowest BCUT2D eigenvalue weighted by Crippen LogP contribution is -2.09. The number of hydrogen-bond acceptors (Lipinski definition) is 3. The smallest absolute Gasteiger partial charge is 0.262 e. The van der Waals surface area contributed by atoms with E-state index in [0.29, 0.717) is 11.3 Å². The number of nitrogens with zero attached hydrogens (tertiary/aromatic N) is 1. The van der Waals surface area contributed by atoms with Crippen molar-refractivity contribution in [3.8, 4) is 11.3 Å². The third-order valence-electron chi connectivity index (χ3n) is 1.55. The first-order chi connectivity index (χ1) is 6.27. The van der Waals surface area contributed by atoms with Crippen molar-refractivity contribution in [2.45, 2.75) is 0 Å².